The van der Waals surface area contributed by atoms with Gasteiger partial charge in [-0.2, -0.15) is 4.99 Å². The highest BCUT2D eigenvalue weighted by Crippen LogP contribution is 2.40. The van der Waals surface area contributed by atoms with Crippen molar-refractivity contribution in [2.24, 2.45) is 21.5 Å². The third-order valence-corrected chi connectivity index (χ3v) is 6.07. The van der Waals surface area contributed by atoms with Crippen LogP contribution in [0.1, 0.15) is 32.1 Å². The number of hydrogen-bond acceptors (Lipinski definition) is 8. The summed E-state index contributed by atoms with van der Waals surface area (Å²) in [5.41, 5.74) is 14.2. The summed E-state index contributed by atoms with van der Waals surface area (Å²) in [5.74, 6) is 1.27. The lowest BCUT2D eigenvalue weighted by atomic mass is 9.87. The molecule has 3 heterocycles. The largest absolute Gasteiger partial charge is 0.435 e. The minimum absolute atomic E-state index is 0.258. The second-order valence-electron chi connectivity index (χ2n) is 6.97. The second kappa shape index (κ2) is 6.09. The Bertz CT molecular complexity index is 1050. The molecule has 0 saturated heterocycles. The zero-order valence-electron chi connectivity index (χ0n) is 14.8. The molecule has 2 aliphatic rings. The summed E-state index contributed by atoms with van der Waals surface area (Å²) in [6, 6.07) is 9.90. The highest BCUT2D eigenvalue weighted by atomic mass is 32.1. The number of fused-ring (bicyclic) bond motifs is 1. The first-order valence-corrected chi connectivity index (χ1v) is 9.97. The first-order valence-electron chi connectivity index (χ1n) is 9.09. The lowest BCUT2D eigenvalue weighted by molar-refractivity contribution is 0.305. The van der Waals surface area contributed by atoms with Gasteiger partial charge in [-0.1, -0.05) is 12.5 Å². The van der Waals surface area contributed by atoms with E-state index >= 15 is 0 Å². The van der Waals surface area contributed by atoms with Gasteiger partial charge in [0.1, 0.15) is 11.2 Å². The van der Waals surface area contributed by atoms with Gasteiger partial charge in [-0.3, -0.25) is 4.90 Å². The highest BCUT2D eigenvalue weighted by Gasteiger charge is 2.42. The number of anilines is 1. The van der Waals surface area contributed by atoms with Crippen LogP contribution >= 0.6 is 11.3 Å². The van der Waals surface area contributed by atoms with Crippen LogP contribution in [0.15, 0.2) is 50.1 Å². The zero-order chi connectivity index (χ0) is 18.4. The van der Waals surface area contributed by atoms with E-state index in [9.17, 15) is 0 Å². The summed E-state index contributed by atoms with van der Waals surface area (Å²) in [6.45, 7) is 0. The van der Waals surface area contributed by atoms with E-state index < -0.39 is 5.66 Å². The molecule has 0 atom stereocenters. The van der Waals surface area contributed by atoms with E-state index in [2.05, 4.69) is 9.98 Å². The maximum Gasteiger partial charge on any atom is 0.237 e. The number of nitrogens with zero attached hydrogens (tertiary/aromatic N) is 4. The van der Waals surface area contributed by atoms with E-state index in [1.54, 1.807) is 11.3 Å². The average molecular weight is 380 g/mol. The van der Waals surface area contributed by atoms with Crippen LogP contribution in [0.5, 0.6) is 0 Å². The van der Waals surface area contributed by atoms with Crippen molar-refractivity contribution in [3.63, 3.8) is 0 Å². The van der Waals surface area contributed by atoms with Crippen molar-refractivity contribution < 1.29 is 4.42 Å². The van der Waals surface area contributed by atoms with Gasteiger partial charge in [0.25, 0.3) is 0 Å². The molecule has 1 fully saturated rings. The topological polar surface area (TPSA) is 106 Å². The van der Waals surface area contributed by atoms with Crippen molar-refractivity contribution in [3.05, 3.63) is 35.7 Å². The summed E-state index contributed by atoms with van der Waals surface area (Å²) in [6.07, 6.45) is 5.20. The minimum Gasteiger partial charge on any atom is -0.435 e. The summed E-state index contributed by atoms with van der Waals surface area (Å²) >= 11 is 1.60. The molecule has 3 aromatic rings. The number of hydrogen-bond donors (Lipinski definition) is 2. The Kier molecular flexibility index (Phi) is 3.68. The van der Waals surface area contributed by atoms with Crippen LogP contribution in [0.25, 0.3) is 21.9 Å². The Morgan fingerprint density at radius 2 is 1.96 bits per heavy atom. The number of thiophene rings is 1. The summed E-state index contributed by atoms with van der Waals surface area (Å²) < 4.78 is 5.91. The molecule has 0 bridgehead atoms. The Labute approximate surface area is 160 Å². The van der Waals surface area contributed by atoms with Crippen molar-refractivity contribution in [2.45, 2.75) is 37.8 Å². The van der Waals surface area contributed by atoms with Crippen LogP contribution in [-0.4, -0.2) is 22.6 Å². The Morgan fingerprint density at radius 3 is 2.74 bits per heavy atom. The summed E-state index contributed by atoms with van der Waals surface area (Å²) in [7, 11) is 0. The molecule has 5 rings (SSSR count). The molecular weight excluding hydrogens is 360 g/mol. The van der Waals surface area contributed by atoms with E-state index in [1.807, 2.05) is 40.6 Å². The molecule has 2 aromatic heterocycles. The van der Waals surface area contributed by atoms with Crippen molar-refractivity contribution in [2.75, 3.05) is 4.90 Å². The second-order valence-corrected chi connectivity index (χ2v) is 7.91. The van der Waals surface area contributed by atoms with Gasteiger partial charge in [0.2, 0.25) is 17.8 Å². The van der Waals surface area contributed by atoms with Crippen LogP contribution in [0.4, 0.5) is 5.69 Å². The number of aromatic nitrogens is 1. The van der Waals surface area contributed by atoms with E-state index in [4.69, 9.17) is 20.9 Å². The molecule has 138 valence electrons. The number of oxazole rings is 1. The number of aliphatic imine (C=N–C) groups is 2. The van der Waals surface area contributed by atoms with E-state index in [1.165, 1.54) is 6.42 Å². The molecule has 1 aliphatic heterocycles. The van der Waals surface area contributed by atoms with Crippen molar-refractivity contribution in [1.29, 1.82) is 0 Å². The van der Waals surface area contributed by atoms with E-state index in [0.29, 0.717) is 11.9 Å². The Balaban J connectivity index is 1.59. The fraction of sp³-hybridized carbons (Fsp3) is 0.316. The number of rotatable bonds is 2. The molecule has 7 nitrogen and oxygen atoms in total. The van der Waals surface area contributed by atoms with Crippen LogP contribution in [0.2, 0.25) is 0 Å². The summed E-state index contributed by atoms with van der Waals surface area (Å²) in [4.78, 5) is 16.6. The van der Waals surface area contributed by atoms with Gasteiger partial charge in [-0.25, -0.2) is 9.98 Å². The van der Waals surface area contributed by atoms with Gasteiger partial charge in [0.05, 0.1) is 4.88 Å². The standard InChI is InChI=1S/C19H20N6OS/c20-17-23-18(21)25(19(24-17)8-2-1-3-9-19)12-6-7-14-13(11-12)22-16(26-14)15-5-4-10-27-15/h4-7,10-11H,1-3,8-9H2,(H4,20,21,23,24). The third kappa shape index (κ3) is 2.68. The molecular formula is C19H20N6OS. The molecule has 4 N–H and O–H groups in total. The molecule has 0 amide bonds. The predicted octanol–water partition coefficient (Wildman–Crippen LogP) is 3.67. The lowest BCUT2D eigenvalue weighted by Crippen LogP contribution is -2.58. The fourth-order valence-corrected chi connectivity index (χ4v) is 4.70. The van der Waals surface area contributed by atoms with Crippen LogP contribution in [-0.2, 0) is 0 Å². The number of nitrogens with two attached hydrogens (primary N) is 2. The van der Waals surface area contributed by atoms with Crippen molar-refractivity contribution in [3.8, 4) is 10.8 Å². The van der Waals surface area contributed by atoms with Gasteiger partial charge < -0.3 is 15.9 Å². The molecule has 27 heavy (non-hydrogen) atoms. The predicted molar refractivity (Wildman–Crippen MR) is 109 cm³/mol. The SMILES string of the molecule is NC1=NC2(CCCCC2)N(c2ccc3oc(-c4cccs4)nc3c2)C(N)=N1. The Hall–Kier alpha value is -2.87. The number of benzene rings is 1. The summed E-state index contributed by atoms with van der Waals surface area (Å²) in [5, 5.41) is 2.01. The molecule has 1 saturated carbocycles. The number of guanidine groups is 2. The van der Waals surface area contributed by atoms with Gasteiger partial charge in [-0.15, -0.1) is 11.3 Å². The maximum atomic E-state index is 6.31. The van der Waals surface area contributed by atoms with Gasteiger partial charge >= 0.3 is 0 Å². The fourth-order valence-electron chi connectivity index (χ4n) is 4.06. The smallest absolute Gasteiger partial charge is 0.237 e. The molecule has 1 aliphatic carbocycles. The van der Waals surface area contributed by atoms with Crippen LogP contribution in [0.3, 0.4) is 0 Å². The van der Waals surface area contributed by atoms with Crippen molar-refractivity contribution in [1.82, 2.24) is 4.98 Å². The molecule has 0 radical (unpaired) electrons. The first-order chi connectivity index (χ1) is 13.1. The van der Waals surface area contributed by atoms with Crippen LogP contribution < -0.4 is 16.4 Å². The first kappa shape index (κ1) is 16.3. The van der Waals surface area contributed by atoms with Gasteiger partial charge in [0, 0.05) is 5.69 Å². The van der Waals surface area contributed by atoms with Crippen LogP contribution in [0, 0.1) is 0 Å². The van der Waals surface area contributed by atoms with Gasteiger partial charge in [-0.05, 0) is 55.3 Å². The Morgan fingerprint density at radius 1 is 1.11 bits per heavy atom. The van der Waals surface area contributed by atoms with Gasteiger partial charge in [0.15, 0.2) is 5.58 Å². The molecule has 8 heteroatoms. The highest BCUT2D eigenvalue weighted by molar-refractivity contribution is 7.13. The lowest BCUT2D eigenvalue weighted by Gasteiger charge is -2.45. The quantitative estimate of drug-likeness (QED) is 0.705. The molecule has 0 unspecified atom stereocenters. The normalized spacial score (nSPS) is 19.3. The van der Waals surface area contributed by atoms with E-state index in [-0.39, 0.29) is 5.96 Å². The average Bonchev–Trinajstić information content (AvgIpc) is 3.30. The monoisotopic (exact) mass is 380 g/mol. The maximum absolute atomic E-state index is 6.31. The van der Waals surface area contributed by atoms with Crippen molar-refractivity contribution >= 4 is 40.0 Å². The minimum atomic E-state index is -0.456. The molecule has 1 aromatic carbocycles. The zero-order valence-corrected chi connectivity index (χ0v) is 15.6. The third-order valence-electron chi connectivity index (χ3n) is 5.21. The molecule has 1 spiro atoms. The van der Waals surface area contributed by atoms with E-state index in [0.717, 1.165) is 47.3 Å².